The van der Waals surface area contributed by atoms with Gasteiger partial charge in [0, 0.05) is 27.2 Å². The zero-order valence-electron chi connectivity index (χ0n) is 21.5. The van der Waals surface area contributed by atoms with Crippen LogP contribution in [0, 0.1) is 0 Å². The lowest BCUT2D eigenvalue weighted by Crippen LogP contribution is -2.69. The van der Waals surface area contributed by atoms with Gasteiger partial charge in [-0.1, -0.05) is 60.7 Å². The van der Waals surface area contributed by atoms with Crippen LogP contribution in [0.3, 0.4) is 0 Å². The third-order valence-corrected chi connectivity index (χ3v) is 6.44. The van der Waals surface area contributed by atoms with E-state index in [1.807, 2.05) is 60.7 Å². The highest BCUT2D eigenvalue weighted by atomic mass is 16.4. The molecule has 1 fully saturated rings. The molecule has 1 aliphatic heterocycles. The summed E-state index contributed by atoms with van der Waals surface area (Å²) in [5, 5.41) is 15.2. The van der Waals surface area contributed by atoms with Crippen LogP contribution < -0.4 is 5.32 Å². The smallest absolute Gasteiger partial charge is 0.334 e. The van der Waals surface area contributed by atoms with Gasteiger partial charge in [0.1, 0.15) is 12.2 Å². The fourth-order valence-corrected chi connectivity index (χ4v) is 4.58. The molecular formula is C27H35N5O5. The van der Waals surface area contributed by atoms with E-state index in [1.54, 1.807) is 21.0 Å². The molecule has 0 unspecified atom stereocenters. The van der Waals surface area contributed by atoms with Crippen molar-refractivity contribution in [1.82, 2.24) is 25.1 Å². The van der Waals surface area contributed by atoms with Crippen LogP contribution in [0.4, 0.5) is 4.79 Å². The quantitative estimate of drug-likeness (QED) is 0.508. The molecule has 0 spiro atoms. The number of aryl methyl sites for hydroxylation is 1. The summed E-state index contributed by atoms with van der Waals surface area (Å²) in [5.41, 5.74) is 2.05. The van der Waals surface area contributed by atoms with Crippen LogP contribution in [0.15, 0.2) is 60.7 Å². The molecule has 2 aromatic carbocycles. The molecule has 1 saturated heterocycles. The van der Waals surface area contributed by atoms with Gasteiger partial charge in [0.05, 0.1) is 13.0 Å². The van der Waals surface area contributed by atoms with Crippen molar-refractivity contribution >= 4 is 23.8 Å². The van der Waals surface area contributed by atoms with Gasteiger partial charge in [-0.05, 0) is 30.9 Å². The van der Waals surface area contributed by atoms with E-state index in [1.165, 1.54) is 19.8 Å². The Labute approximate surface area is 217 Å². The van der Waals surface area contributed by atoms with Gasteiger partial charge in [-0.15, -0.1) is 0 Å². The Morgan fingerprint density at radius 2 is 1.65 bits per heavy atom. The van der Waals surface area contributed by atoms with Crippen LogP contribution >= 0.6 is 0 Å². The summed E-state index contributed by atoms with van der Waals surface area (Å²) in [5.74, 6) is -2.08. The van der Waals surface area contributed by atoms with Crippen LogP contribution in [-0.2, 0) is 27.3 Å². The molecule has 2 N–H and O–H groups in total. The molecule has 4 amide bonds. The van der Waals surface area contributed by atoms with Crippen molar-refractivity contribution in [3.05, 3.63) is 71.8 Å². The van der Waals surface area contributed by atoms with Crippen molar-refractivity contribution in [2.45, 2.75) is 44.9 Å². The normalized spacial score (nSPS) is 16.8. The summed E-state index contributed by atoms with van der Waals surface area (Å²) in [7, 11) is 3.22. The van der Waals surface area contributed by atoms with Crippen LogP contribution in [0.5, 0.6) is 0 Å². The second-order valence-electron chi connectivity index (χ2n) is 9.20. The third kappa shape index (κ3) is 7.29. The predicted molar refractivity (Wildman–Crippen MR) is 138 cm³/mol. The Balaban J connectivity index is 1.71. The first kappa shape index (κ1) is 27.7. The average Bonchev–Trinajstić information content (AvgIpc) is 2.87. The highest BCUT2D eigenvalue weighted by Gasteiger charge is 2.44. The summed E-state index contributed by atoms with van der Waals surface area (Å²) in [6, 6.07) is 17.6. The molecule has 0 radical (unpaired) electrons. The maximum Gasteiger partial charge on any atom is 0.334 e. The zero-order valence-corrected chi connectivity index (χ0v) is 21.5. The van der Waals surface area contributed by atoms with Crippen molar-refractivity contribution in [3.8, 4) is 0 Å². The number of rotatable bonds is 10. The standard InChI is InChI=1S/C27H35N5O5/c1-20-31(24(33)19-30(3)32(20)27(37)28-18-22-13-8-5-9-14-22)23(17-25(34)35)26(36)29(2)16-10-15-21-11-6-4-7-12-21/h4-9,11-14,20,23H,10,15-19H2,1-3H3,(H,28,37)(H,34,35)/t20-,23-/m0/s1. The lowest BCUT2D eigenvalue weighted by atomic mass is 10.1. The number of carbonyl (C=O) groups excluding carboxylic acids is 3. The number of carboxylic acid groups (broad SMARTS) is 1. The molecule has 1 heterocycles. The minimum Gasteiger partial charge on any atom is -0.481 e. The molecule has 2 atom stereocenters. The second kappa shape index (κ2) is 12.9. The largest absolute Gasteiger partial charge is 0.481 e. The van der Waals surface area contributed by atoms with Crippen molar-refractivity contribution in [1.29, 1.82) is 0 Å². The van der Waals surface area contributed by atoms with E-state index < -0.39 is 42.4 Å². The molecule has 10 heteroatoms. The molecule has 198 valence electrons. The molecule has 0 bridgehead atoms. The molecule has 2 aromatic rings. The molecule has 1 aliphatic rings. The number of nitrogens with one attached hydrogen (secondary N) is 1. The summed E-state index contributed by atoms with van der Waals surface area (Å²) in [4.78, 5) is 54.0. The average molecular weight is 510 g/mol. The molecular weight excluding hydrogens is 474 g/mol. The number of urea groups is 1. The van der Waals surface area contributed by atoms with Gasteiger partial charge in [-0.3, -0.25) is 14.4 Å². The summed E-state index contributed by atoms with van der Waals surface area (Å²) < 4.78 is 0. The third-order valence-electron chi connectivity index (χ3n) is 6.44. The second-order valence-corrected chi connectivity index (χ2v) is 9.20. The van der Waals surface area contributed by atoms with Gasteiger partial charge in [0.2, 0.25) is 11.8 Å². The SMILES string of the molecule is C[C@H]1N([C@@H](CC(=O)O)C(=O)N(C)CCCc2ccccc2)C(=O)CN(C)N1C(=O)NCc1ccccc1. The number of nitrogens with zero attached hydrogens (tertiary/aromatic N) is 4. The highest BCUT2D eigenvalue weighted by Crippen LogP contribution is 2.22. The van der Waals surface area contributed by atoms with Crippen LogP contribution in [0.1, 0.15) is 30.9 Å². The van der Waals surface area contributed by atoms with Gasteiger partial charge in [-0.2, -0.15) is 0 Å². The first-order chi connectivity index (χ1) is 17.7. The number of hydrazine groups is 1. The number of aliphatic carboxylic acids is 1. The summed E-state index contributed by atoms with van der Waals surface area (Å²) >= 11 is 0. The van der Waals surface area contributed by atoms with Gasteiger partial charge >= 0.3 is 12.0 Å². The molecule has 3 rings (SSSR count). The lowest BCUT2D eigenvalue weighted by Gasteiger charge is -2.48. The topological polar surface area (TPSA) is 114 Å². The van der Waals surface area contributed by atoms with Crippen molar-refractivity contribution in [2.75, 3.05) is 27.2 Å². The van der Waals surface area contributed by atoms with E-state index in [-0.39, 0.29) is 13.1 Å². The maximum absolute atomic E-state index is 13.4. The van der Waals surface area contributed by atoms with Crippen molar-refractivity contribution < 1.29 is 24.3 Å². The Hall–Kier alpha value is -3.92. The van der Waals surface area contributed by atoms with E-state index in [2.05, 4.69) is 5.32 Å². The van der Waals surface area contributed by atoms with Crippen LogP contribution in [-0.4, -0.2) is 88.1 Å². The predicted octanol–water partition coefficient (Wildman–Crippen LogP) is 2.17. The minimum absolute atomic E-state index is 0.162. The number of hydrogen-bond donors (Lipinski definition) is 2. The minimum atomic E-state index is -1.24. The van der Waals surface area contributed by atoms with Gasteiger partial charge in [-0.25, -0.2) is 14.8 Å². The van der Waals surface area contributed by atoms with Gasteiger partial charge in [0.15, 0.2) is 0 Å². The van der Waals surface area contributed by atoms with E-state index in [4.69, 9.17) is 0 Å². The Morgan fingerprint density at radius 3 is 2.24 bits per heavy atom. The number of likely N-dealkylation sites (N-methyl/N-ethyl adjacent to an activating group) is 2. The van der Waals surface area contributed by atoms with Crippen molar-refractivity contribution in [2.24, 2.45) is 0 Å². The lowest BCUT2D eigenvalue weighted by molar-refractivity contribution is -0.173. The Kier molecular flexibility index (Phi) is 9.62. The number of benzene rings is 2. The van der Waals surface area contributed by atoms with Crippen LogP contribution in [0.2, 0.25) is 0 Å². The molecule has 0 aliphatic carbocycles. The zero-order chi connectivity index (χ0) is 26.9. The van der Waals surface area contributed by atoms with Gasteiger partial charge < -0.3 is 20.2 Å². The van der Waals surface area contributed by atoms with Crippen LogP contribution in [0.25, 0.3) is 0 Å². The van der Waals surface area contributed by atoms with E-state index >= 15 is 0 Å². The number of carbonyl (C=O) groups is 4. The molecule has 0 aromatic heterocycles. The first-order valence-corrected chi connectivity index (χ1v) is 12.3. The maximum atomic E-state index is 13.4. The van der Waals surface area contributed by atoms with E-state index in [0.717, 1.165) is 17.5 Å². The van der Waals surface area contributed by atoms with Crippen molar-refractivity contribution in [3.63, 3.8) is 0 Å². The number of carboxylic acids is 1. The Morgan fingerprint density at radius 1 is 1.05 bits per heavy atom. The summed E-state index contributed by atoms with van der Waals surface area (Å²) in [6.45, 7) is 2.14. The summed E-state index contributed by atoms with van der Waals surface area (Å²) in [6.07, 6.45) is 0.0300. The monoisotopic (exact) mass is 509 g/mol. The number of hydrogen-bond acceptors (Lipinski definition) is 5. The molecule has 0 saturated carbocycles. The first-order valence-electron chi connectivity index (χ1n) is 12.3. The van der Waals surface area contributed by atoms with E-state index in [0.29, 0.717) is 13.0 Å². The van der Waals surface area contributed by atoms with E-state index in [9.17, 15) is 24.3 Å². The number of amides is 4. The Bertz CT molecular complexity index is 1080. The van der Waals surface area contributed by atoms with Gasteiger partial charge in [0.25, 0.3) is 0 Å². The molecule has 10 nitrogen and oxygen atoms in total. The molecule has 37 heavy (non-hydrogen) atoms. The highest BCUT2D eigenvalue weighted by molar-refractivity contribution is 5.92. The fourth-order valence-electron chi connectivity index (χ4n) is 4.58. The fraction of sp³-hybridized carbons (Fsp3) is 0.407.